The molecule has 1 heterocycles. The maximum Gasteiger partial charge on any atom is 0.326 e. The predicted molar refractivity (Wildman–Crippen MR) is 68.5 cm³/mol. The fourth-order valence-corrected chi connectivity index (χ4v) is 1.82. The summed E-state index contributed by atoms with van der Waals surface area (Å²) >= 11 is 0. The van der Waals surface area contributed by atoms with Crippen molar-refractivity contribution in [3.05, 3.63) is 0 Å². The lowest BCUT2D eigenvalue weighted by Crippen LogP contribution is -2.52. The van der Waals surface area contributed by atoms with E-state index in [1.807, 2.05) is 32.8 Å². The topological polar surface area (TPSA) is 72.9 Å². The number of nitrogens with one attached hydrogen (secondary N) is 1. The van der Waals surface area contributed by atoms with Gasteiger partial charge < -0.3 is 20.2 Å². The SMILES string of the molecule is CN(C)C(C)(C)CNC(=O)N1CCC[C@@H]1C(=O)O. The zero-order valence-corrected chi connectivity index (χ0v) is 11.6. The largest absolute Gasteiger partial charge is 0.480 e. The van der Waals surface area contributed by atoms with Gasteiger partial charge in [-0.25, -0.2) is 9.59 Å². The third-order valence-corrected chi connectivity index (χ3v) is 3.68. The van der Waals surface area contributed by atoms with Gasteiger partial charge >= 0.3 is 12.0 Å². The minimum atomic E-state index is -0.922. The van der Waals surface area contributed by atoms with Gasteiger partial charge in [0.1, 0.15) is 6.04 Å². The Kier molecular flexibility index (Phi) is 4.56. The maximum absolute atomic E-state index is 12.0. The van der Waals surface area contributed by atoms with Gasteiger partial charge in [0.05, 0.1) is 0 Å². The van der Waals surface area contributed by atoms with Crippen molar-refractivity contribution in [2.75, 3.05) is 27.2 Å². The van der Waals surface area contributed by atoms with Crippen molar-refractivity contribution < 1.29 is 14.7 Å². The van der Waals surface area contributed by atoms with Crippen LogP contribution in [0.1, 0.15) is 26.7 Å². The molecule has 0 aromatic heterocycles. The van der Waals surface area contributed by atoms with Crippen LogP contribution in [0.2, 0.25) is 0 Å². The Morgan fingerprint density at radius 1 is 1.44 bits per heavy atom. The van der Waals surface area contributed by atoms with Crippen LogP contribution < -0.4 is 5.32 Å². The van der Waals surface area contributed by atoms with E-state index >= 15 is 0 Å². The van der Waals surface area contributed by atoms with Crippen LogP contribution in [0.15, 0.2) is 0 Å². The molecule has 0 spiro atoms. The van der Waals surface area contributed by atoms with Crippen molar-refractivity contribution in [3.63, 3.8) is 0 Å². The summed E-state index contributed by atoms with van der Waals surface area (Å²) in [5.74, 6) is -0.922. The molecule has 1 rings (SSSR count). The number of rotatable bonds is 4. The molecule has 2 N–H and O–H groups in total. The predicted octanol–water partition coefficient (Wildman–Crippen LogP) is 0.585. The van der Waals surface area contributed by atoms with Crippen molar-refractivity contribution >= 4 is 12.0 Å². The molecule has 2 amide bonds. The molecule has 0 unspecified atom stereocenters. The highest BCUT2D eigenvalue weighted by molar-refractivity contribution is 5.83. The number of carbonyl (C=O) groups excluding carboxylic acids is 1. The van der Waals surface area contributed by atoms with Gasteiger partial charge in [-0.3, -0.25) is 0 Å². The Morgan fingerprint density at radius 2 is 2.06 bits per heavy atom. The number of aliphatic carboxylic acids is 1. The van der Waals surface area contributed by atoms with Gasteiger partial charge in [-0.2, -0.15) is 0 Å². The van der Waals surface area contributed by atoms with E-state index in [4.69, 9.17) is 5.11 Å². The molecule has 104 valence electrons. The second-order valence-electron chi connectivity index (χ2n) is 5.56. The van der Waals surface area contributed by atoms with E-state index in [0.717, 1.165) is 6.42 Å². The van der Waals surface area contributed by atoms with Gasteiger partial charge in [-0.05, 0) is 40.8 Å². The van der Waals surface area contributed by atoms with Crippen molar-refractivity contribution in [1.29, 1.82) is 0 Å². The molecule has 0 aliphatic carbocycles. The van der Waals surface area contributed by atoms with Gasteiger partial charge in [0.25, 0.3) is 0 Å². The Morgan fingerprint density at radius 3 is 2.56 bits per heavy atom. The fraction of sp³-hybridized carbons (Fsp3) is 0.833. The van der Waals surface area contributed by atoms with Crippen LogP contribution in [0.4, 0.5) is 4.79 Å². The van der Waals surface area contributed by atoms with E-state index in [2.05, 4.69) is 5.32 Å². The molecule has 6 heteroatoms. The average molecular weight is 257 g/mol. The number of likely N-dealkylation sites (tertiary alicyclic amines) is 1. The number of hydrogen-bond donors (Lipinski definition) is 2. The van der Waals surface area contributed by atoms with E-state index in [1.165, 1.54) is 4.90 Å². The number of likely N-dealkylation sites (N-methyl/N-ethyl adjacent to an activating group) is 1. The highest BCUT2D eigenvalue weighted by atomic mass is 16.4. The van der Waals surface area contributed by atoms with Crippen LogP contribution in [0.3, 0.4) is 0 Å². The van der Waals surface area contributed by atoms with Gasteiger partial charge in [0.2, 0.25) is 0 Å². The van der Waals surface area contributed by atoms with Crippen molar-refractivity contribution in [2.45, 2.75) is 38.3 Å². The standard InChI is InChI=1S/C12H23N3O3/c1-12(2,14(3)4)8-13-11(18)15-7-5-6-9(15)10(16)17/h9H,5-8H2,1-4H3,(H,13,18)(H,16,17)/t9-/m1/s1. The molecule has 0 aromatic rings. The summed E-state index contributed by atoms with van der Waals surface area (Å²) in [6.45, 7) is 5.05. The van der Waals surface area contributed by atoms with Gasteiger partial charge in [-0.1, -0.05) is 0 Å². The van der Waals surface area contributed by atoms with E-state index in [1.54, 1.807) is 0 Å². The van der Waals surface area contributed by atoms with Crippen LogP contribution in [0.25, 0.3) is 0 Å². The molecule has 18 heavy (non-hydrogen) atoms. The third kappa shape index (κ3) is 3.35. The number of carboxylic acids is 1. The molecule has 6 nitrogen and oxygen atoms in total. The Balaban J connectivity index is 2.53. The number of urea groups is 1. The maximum atomic E-state index is 12.0. The van der Waals surface area contributed by atoms with Gasteiger partial charge in [0, 0.05) is 18.6 Å². The van der Waals surface area contributed by atoms with Crippen LogP contribution >= 0.6 is 0 Å². The molecule has 0 saturated carbocycles. The van der Waals surface area contributed by atoms with Gasteiger partial charge in [-0.15, -0.1) is 0 Å². The number of carbonyl (C=O) groups is 2. The van der Waals surface area contributed by atoms with Crippen LogP contribution in [-0.2, 0) is 4.79 Å². The summed E-state index contributed by atoms with van der Waals surface area (Å²) in [6, 6.07) is -0.956. The molecule has 1 aliphatic heterocycles. The summed E-state index contributed by atoms with van der Waals surface area (Å²) in [5, 5.41) is 11.8. The van der Waals surface area contributed by atoms with Crippen LogP contribution in [0, 0.1) is 0 Å². The van der Waals surface area contributed by atoms with E-state index in [9.17, 15) is 9.59 Å². The van der Waals surface area contributed by atoms with Crippen LogP contribution in [0.5, 0.6) is 0 Å². The number of carboxylic acid groups (broad SMARTS) is 1. The fourth-order valence-electron chi connectivity index (χ4n) is 1.82. The molecule has 0 aromatic carbocycles. The molecular formula is C12H23N3O3. The molecule has 1 fully saturated rings. The first-order chi connectivity index (χ1) is 8.25. The molecule has 1 aliphatic rings. The van der Waals surface area contributed by atoms with Crippen LogP contribution in [-0.4, -0.2) is 65.7 Å². The first-order valence-corrected chi connectivity index (χ1v) is 6.20. The normalized spacial score (nSPS) is 20.3. The highest BCUT2D eigenvalue weighted by Gasteiger charge is 2.34. The van der Waals surface area contributed by atoms with E-state index in [0.29, 0.717) is 19.5 Å². The quantitative estimate of drug-likeness (QED) is 0.773. The average Bonchev–Trinajstić information content (AvgIpc) is 2.74. The Labute approximate surface area is 108 Å². The zero-order chi connectivity index (χ0) is 13.9. The van der Waals surface area contributed by atoms with E-state index in [-0.39, 0.29) is 11.6 Å². The molecule has 0 radical (unpaired) electrons. The number of nitrogens with zero attached hydrogens (tertiary/aromatic N) is 2. The summed E-state index contributed by atoms with van der Waals surface area (Å²) in [5.41, 5.74) is -0.159. The Hall–Kier alpha value is -1.30. The van der Waals surface area contributed by atoms with E-state index < -0.39 is 12.0 Å². The summed E-state index contributed by atoms with van der Waals surface area (Å²) in [6.07, 6.45) is 1.29. The second-order valence-corrected chi connectivity index (χ2v) is 5.56. The molecule has 1 atom stereocenters. The molecular weight excluding hydrogens is 234 g/mol. The first-order valence-electron chi connectivity index (χ1n) is 6.20. The lowest BCUT2D eigenvalue weighted by molar-refractivity contribution is -0.141. The second kappa shape index (κ2) is 5.56. The molecule has 0 bridgehead atoms. The van der Waals surface area contributed by atoms with Crippen molar-refractivity contribution in [2.24, 2.45) is 0 Å². The summed E-state index contributed by atoms with van der Waals surface area (Å²) in [7, 11) is 3.89. The molecule has 1 saturated heterocycles. The zero-order valence-electron chi connectivity index (χ0n) is 11.6. The Bertz CT molecular complexity index is 329. The number of amides is 2. The highest BCUT2D eigenvalue weighted by Crippen LogP contribution is 2.17. The lowest BCUT2D eigenvalue weighted by atomic mass is 10.0. The monoisotopic (exact) mass is 257 g/mol. The summed E-state index contributed by atoms with van der Waals surface area (Å²) in [4.78, 5) is 26.4. The lowest BCUT2D eigenvalue weighted by Gasteiger charge is -2.33. The first kappa shape index (κ1) is 14.8. The van der Waals surface area contributed by atoms with Crippen molar-refractivity contribution in [1.82, 2.24) is 15.1 Å². The van der Waals surface area contributed by atoms with Gasteiger partial charge in [0.15, 0.2) is 0 Å². The minimum absolute atomic E-state index is 0.159. The number of hydrogen-bond acceptors (Lipinski definition) is 3. The third-order valence-electron chi connectivity index (χ3n) is 3.68. The smallest absolute Gasteiger partial charge is 0.326 e. The summed E-state index contributed by atoms with van der Waals surface area (Å²) < 4.78 is 0. The van der Waals surface area contributed by atoms with Crippen molar-refractivity contribution in [3.8, 4) is 0 Å². The minimum Gasteiger partial charge on any atom is -0.480 e.